The Morgan fingerprint density at radius 3 is 2.42 bits per heavy atom. The lowest BCUT2D eigenvalue weighted by Gasteiger charge is -2.23. The van der Waals surface area contributed by atoms with Crippen LogP contribution in [0.2, 0.25) is 15.2 Å². The summed E-state index contributed by atoms with van der Waals surface area (Å²) in [6.07, 6.45) is -6.35. The molecule has 0 saturated carbocycles. The van der Waals surface area contributed by atoms with Crippen LogP contribution in [0.1, 0.15) is 46.2 Å². The zero-order valence-electron chi connectivity index (χ0n) is 20.0. The number of ether oxygens (including phenoxy) is 1. The summed E-state index contributed by atoms with van der Waals surface area (Å²) in [6, 6.07) is 9.62. The van der Waals surface area contributed by atoms with E-state index in [1.54, 1.807) is 6.92 Å². The smallest absolute Gasteiger partial charge is 0.429 e. The first-order valence-corrected chi connectivity index (χ1v) is 12.2. The second-order valence-corrected chi connectivity index (χ2v) is 9.52. The summed E-state index contributed by atoms with van der Waals surface area (Å²) >= 11 is 18.1. The van der Waals surface area contributed by atoms with Gasteiger partial charge >= 0.3 is 12.1 Å². The van der Waals surface area contributed by atoms with Gasteiger partial charge in [0.1, 0.15) is 10.8 Å². The van der Waals surface area contributed by atoms with Gasteiger partial charge in [-0.25, -0.2) is 9.78 Å². The Bertz CT molecular complexity index is 1720. The largest absolute Gasteiger partial charge is 0.476 e. The Morgan fingerprint density at radius 1 is 1.15 bits per heavy atom. The second-order valence-electron chi connectivity index (χ2n) is 8.32. The van der Waals surface area contributed by atoms with Crippen molar-refractivity contribution < 1.29 is 27.8 Å². The van der Waals surface area contributed by atoms with E-state index < -0.39 is 46.4 Å². The Balaban J connectivity index is 1.82. The number of anilines is 1. The molecule has 0 amide bonds. The summed E-state index contributed by atoms with van der Waals surface area (Å²) in [7, 11) is 0. The highest BCUT2D eigenvalue weighted by atomic mass is 35.5. The summed E-state index contributed by atoms with van der Waals surface area (Å²) in [6.45, 7) is 1.57. The van der Waals surface area contributed by atoms with Gasteiger partial charge in [0, 0.05) is 17.3 Å². The molecule has 0 fully saturated rings. The van der Waals surface area contributed by atoms with E-state index in [1.807, 2.05) is 6.07 Å². The van der Waals surface area contributed by atoms with Gasteiger partial charge in [-0.2, -0.15) is 23.4 Å². The summed E-state index contributed by atoms with van der Waals surface area (Å²) in [5.74, 6) is -2.17. The van der Waals surface area contributed by atoms with Gasteiger partial charge in [0.05, 0.1) is 28.4 Å². The number of pyridine rings is 2. The summed E-state index contributed by atoms with van der Waals surface area (Å²) < 4.78 is 48.2. The third kappa shape index (κ3) is 5.91. The number of nitriles is 1. The van der Waals surface area contributed by atoms with Gasteiger partial charge in [0.25, 0.3) is 5.56 Å². The van der Waals surface area contributed by atoms with E-state index in [1.165, 1.54) is 36.5 Å². The summed E-state index contributed by atoms with van der Waals surface area (Å²) in [4.78, 5) is 32.6. The third-order valence-corrected chi connectivity index (χ3v) is 6.35. The summed E-state index contributed by atoms with van der Waals surface area (Å²) in [5.41, 5.74) is -1.47. The molecule has 0 saturated heterocycles. The number of hydrogen-bond acceptors (Lipinski definition) is 7. The number of fused-ring (bicyclic) bond motifs is 1. The fourth-order valence-corrected chi connectivity index (χ4v) is 4.32. The minimum Gasteiger partial charge on any atom is -0.476 e. The maximum absolute atomic E-state index is 14.0. The fraction of sp³-hybridized carbons (Fsp3) is 0.160. The highest BCUT2D eigenvalue weighted by molar-refractivity contribution is 6.32. The molecule has 0 radical (unpaired) electrons. The van der Waals surface area contributed by atoms with Crippen LogP contribution in [0.25, 0.3) is 5.65 Å². The van der Waals surface area contributed by atoms with E-state index in [0.29, 0.717) is 0 Å². The molecule has 3 heterocycles. The number of benzene rings is 1. The van der Waals surface area contributed by atoms with E-state index in [0.717, 1.165) is 16.5 Å². The van der Waals surface area contributed by atoms with Crippen molar-refractivity contribution >= 4 is 52.1 Å². The van der Waals surface area contributed by atoms with E-state index in [2.05, 4.69) is 15.3 Å². The molecule has 0 spiro atoms. The quantitative estimate of drug-likeness (QED) is 0.227. The molecule has 3 aromatic heterocycles. The number of hydrogen-bond donors (Lipinski definition) is 2. The van der Waals surface area contributed by atoms with Gasteiger partial charge in [-0.1, -0.05) is 46.9 Å². The number of aromatic carboxylic acids is 1. The first kappa shape index (κ1) is 28.9. The second kappa shape index (κ2) is 11.2. The number of carboxylic acid groups (broad SMARTS) is 1. The molecule has 0 aliphatic rings. The molecule has 1 aromatic carbocycles. The topological polar surface area (TPSA) is 130 Å². The molecule has 15 heteroatoms. The lowest BCUT2D eigenvalue weighted by molar-refractivity contribution is -0.198. The van der Waals surface area contributed by atoms with Crippen molar-refractivity contribution in [2.24, 2.45) is 0 Å². The van der Waals surface area contributed by atoms with Crippen LogP contribution in [0.4, 0.5) is 18.9 Å². The molecular formula is C25H15Cl3F3N5O4. The minimum absolute atomic E-state index is 0.0585. The number of carboxylic acids is 1. The van der Waals surface area contributed by atoms with Crippen molar-refractivity contribution in [3.8, 4) is 11.9 Å². The minimum atomic E-state index is -4.95. The molecule has 206 valence electrons. The zero-order valence-corrected chi connectivity index (χ0v) is 22.3. The zero-order chi connectivity index (χ0) is 29.4. The predicted molar refractivity (Wildman–Crippen MR) is 140 cm³/mol. The number of carbonyl (C=O) groups is 1. The molecule has 9 nitrogen and oxygen atoms in total. The van der Waals surface area contributed by atoms with Gasteiger partial charge in [-0.05, 0) is 37.3 Å². The van der Waals surface area contributed by atoms with Crippen molar-refractivity contribution in [1.29, 1.82) is 5.26 Å². The van der Waals surface area contributed by atoms with Crippen LogP contribution >= 0.6 is 34.8 Å². The number of aromatic nitrogens is 3. The predicted octanol–water partition coefficient (Wildman–Crippen LogP) is 6.48. The van der Waals surface area contributed by atoms with Crippen molar-refractivity contribution in [3.05, 3.63) is 96.6 Å². The van der Waals surface area contributed by atoms with Crippen LogP contribution in [0.5, 0.6) is 5.88 Å². The number of nitrogens with zero attached hydrogens (tertiary/aromatic N) is 4. The van der Waals surface area contributed by atoms with Gasteiger partial charge in [0.15, 0.2) is 10.7 Å². The van der Waals surface area contributed by atoms with Crippen LogP contribution in [0, 0.1) is 11.3 Å². The van der Waals surface area contributed by atoms with Gasteiger partial charge in [-0.15, -0.1) is 0 Å². The first-order valence-electron chi connectivity index (χ1n) is 11.1. The van der Waals surface area contributed by atoms with E-state index in [4.69, 9.17) is 44.8 Å². The maximum atomic E-state index is 14.0. The van der Waals surface area contributed by atoms with Crippen LogP contribution in [0.15, 0.2) is 53.5 Å². The first-order chi connectivity index (χ1) is 18.8. The molecular weight excluding hydrogens is 598 g/mol. The van der Waals surface area contributed by atoms with Crippen LogP contribution in [-0.2, 0) is 0 Å². The lowest BCUT2D eigenvalue weighted by Crippen LogP contribution is -2.28. The van der Waals surface area contributed by atoms with Crippen molar-refractivity contribution in [3.63, 3.8) is 0 Å². The van der Waals surface area contributed by atoms with E-state index >= 15 is 0 Å². The molecule has 2 atom stereocenters. The SMILES string of the molecule is C[C@@H](Nc1ccc(Cl)nc1C(=O)O)c1cc(Cl)cn2c(=O)c(Cl)c(O[C@H](c3ccc(C#N)cc3)C(F)(F)F)nc12. The number of rotatable bonds is 7. The number of halogens is 6. The monoisotopic (exact) mass is 611 g/mol. The molecule has 4 aromatic rings. The Kier molecular flexibility index (Phi) is 8.11. The third-order valence-electron chi connectivity index (χ3n) is 5.61. The fourth-order valence-electron chi connectivity index (χ4n) is 3.78. The maximum Gasteiger partial charge on any atom is 0.429 e. The molecule has 2 N–H and O–H groups in total. The van der Waals surface area contributed by atoms with Gasteiger partial charge in [-0.3, -0.25) is 9.20 Å². The molecule has 0 aliphatic heterocycles. The van der Waals surface area contributed by atoms with Crippen LogP contribution < -0.4 is 15.6 Å². The van der Waals surface area contributed by atoms with E-state index in [9.17, 15) is 27.9 Å². The Morgan fingerprint density at radius 2 is 1.82 bits per heavy atom. The highest BCUT2D eigenvalue weighted by Gasteiger charge is 2.44. The highest BCUT2D eigenvalue weighted by Crippen LogP contribution is 2.38. The van der Waals surface area contributed by atoms with Crippen molar-refractivity contribution in [2.45, 2.75) is 25.2 Å². The average Bonchev–Trinajstić information content (AvgIpc) is 2.90. The van der Waals surface area contributed by atoms with Crippen LogP contribution in [0.3, 0.4) is 0 Å². The number of nitrogens with one attached hydrogen (secondary N) is 1. The lowest BCUT2D eigenvalue weighted by atomic mass is 10.1. The molecule has 0 unspecified atom stereocenters. The normalized spacial score (nSPS) is 12.9. The summed E-state index contributed by atoms with van der Waals surface area (Å²) in [5, 5.41) is 20.6. The Labute approximate surface area is 238 Å². The van der Waals surface area contributed by atoms with Gasteiger partial charge < -0.3 is 15.2 Å². The molecule has 4 rings (SSSR count). The van der Waals surface area contributed by atoms with E-state index in [-0.39, 0.29) is 38.2 Å². The van der Waals surface area contributed by atoms with Crippen molar-refractivity contribution in [1.82, 2.24) is 14.4 Å². The van der Waals surface area contributed by atoms with Crippen molar-refractivity contribution in [2.75, 3.05) is 5.32 Å². The standard InChI is InChI=1S/C25H15Cl3F3N5O4/c1-11(33-16-6-7-17(27)34-19(16)24(38)39)15-8-14(26)10-36-21(15)35-22(18(28)23(36)37)40-20(25(29,30)31)13-4-2-12(9-32)3-5-13/h2-8,10-11,20,33H,1H3,(H,38,39)/t11-,20-/m1/s1. The molecule has 40 heavy (non-hydrogen) atoms. The molecule has 0 aliphatic carbocycles. The average molecular weight is 613 g/mol. The molecule has 0 bridgehead atoms. The van der Waals surface area contributed by atoms with Crippen LogP contribution in [-0.4, -0.2) is 31.6 Å². The number of alkyl halides is 3. The van der Waals surface area contributed by atoms with Gasteiger partial charge in [0.2, 0.25) is 12.0 Å². The Hall–Kier alpha value is -4.05.